The van der Waals surface area contributed by atoms with Crippen molar-refractivity contribution in [3.05, 3.63) is 70.2 Å². The summed E-state index contributed by atoms with van der Waals surface area (Å²) in [7, 11) is -1.93. The highest BCUT2D eigenvalue weighted by atomic mass is 32.2. The number of ether oxygens (including phenoxy) is 1. The number of thiocarbonyl (C=S) groups is 1. The summed E-state index contributed by atoms with van der Waals surface area (Å²) >= 11 is 7.41. The lowest BCUT2D eigenvalue weighted by atomic mass is 10.0. The number of methoxy groups -OCH3 is 1. The van der Waals surface area contributed by atoms with E-state index in [1.807, 2.05) is 29.2 Å². The number of aryl methyl sites for hydroxylation is 1. The number of benzene rings is 1. The Hall–Kier alpha value is -2.69. The van der Waals surface area contributed by atoms with E-state index in [-0.39, 0.29) is 12.1 Å². The summed E-state index contributed by atoms with van der Waals surface area (Å²) in [5, 5.41) is 6.06. The molecule has 0 unspecified atom stereocenters. The quantitative estimate of drug-likeness (QED) is 0.522. The topological polar surface area (TPSA) is 83.6 Å². The largest absolute Gasteiger partial charge is 0.494 e. The van der Waals surface area contributed by atoms with Crippen LogP contribution < -0.4 is 19.7 Å². The van der Waals surface area contributed by atoms with E-state index in [2.05, 4.69) is 33.4 Å². The predicted octanol–water partition coefficient (Wildman–Crippen LogP) is 4.01. The van der Waals surface area contributed by atoms with Crippen LogP contribution >= 0.6 is 23.6 Å². The normalized spacial score (nSPS) is 18.7. The maximum Gasteiger partial charge on any atom is 0.229 e. The lowest BCUT2D eigenvalue weighted by molar-refractivity contribution is 0.417. The van der Waals surface area contributed by atoms with Gasteiger partial charge in [0.1, 0.15) is 5.75 Å². The average molecular weight is 475 g/mol. The molecule has 10 heteroatoms. The summed E-state index contributed by atoms with van der Waals surface area (Å²) in [6.45, 7) is 2.08. The summed E-state index contributed by atoms with van der Waals surface area (Å²) in [4.78, 5) is 7.78. The molecule has 1 aliphatic heterocycles. The van der Waals surface area contributed by atoms with Gasteiger partial charge in [0.05, 0.1) is 36.8 Å². The molecule has 2 aromatic heterocycles. The highest BCUT2D eigenvalue weighted by Gasteiger charge is 2.42. The smallest absolute Gasteiger partial charge is 0.229 e. The molecular weight excluding hydrogens is 452 g/mol. The highest BCUT2D eigenvalue weighted by Crippen LogP contribution is 2.45. The molecule has 0 bridgehead atoms. The molecule has 3 aromatic rings. The summed E-state index contributed by atoms with van der Waals surface area (Å²) in [5.41, 5.74) is 3.24. The lowest BCUT2D eigenvalue weighted by Gasteiger charge is -2.28. The van der Waals surface area contributed by atoms with Crippen LogP contribution in [0.5, 0.6) is 5.75 Å². The summed E-state index contributed by atoms with van der Waals surface area (Å²) in [6.07, 6.45) is 2.88. The van der Waals surface area contributed by atoms with Gasteiger partial charge in [-0.15, -0.1) is 11.3 Å². The number of nitrogens with zero attached hydrogens (tertiary/aromatic N) is 2. The zero-order chi connectivity index (χ0) is 22.2. The molecule has 162 valence electrons. The fourth-order valence-electron chi connectivity index (χ4n) is 3.70. The zero-order valence-electron chi connectivity index (χ0n) is 17.2. The van der Waals surface area contributed by atoms with Crippen LogP contribution in [0.1, 0.15) is 28.2 Å². The molecule has 7 nitrogen and oxygen atoms in total. The zero-order valence-corrected chi connectivity index (χ0v) is 19.6. The summed E-state index contributed by atoms with van der Waals surface area (Å²) in [5.74, 6) is 0.411. The van der Waals surface area contributed by atoms with Crippen LogP contribution in [0, 0.1) is 6.92 Å². The maximum atomic E-state index is 11.7. The Kier molecular flexibility index (Phi) is 5.87. The summed E-state index contributed by atoms with van der Waals surface area (Å²) in [6, 6.07) is 13.0. The van der Waals surface area contributed by atoms with Crippen LogP contribution in [-0.2, 0) is 10.0 Å². The Bertz CT molecular complexity index is 1210. The first-order valence-electron chi connectivity index (χ1n) is 9.49. The minimum absolute atomic E-state index is 0.110. The molecule has 1 aliphatic rings. The Labute approximate surface area is 191 Å². The van der Waals surface area contributed by atoms with Crippen LogP contribution in [0.2, 0.25) is 0 Å². The van der Waals surface area contributed by atoms with Gasteiger partial charge in [-0.1, -0.05) is 6.07 Å². The molecule has 31 heavy (non-hydrogen) atoms. The van der Waals surface area contributed by atoms with Gasteiger partial charge in [0.15, 0.2) is 5.11 Å². The van der Waals surface area contributed by atoms with Crippen molar-refractivity contribution in [3.63, 3.8) is 0 Å². The number of thiophene rings is 1. The second-order valence-electron chi connectivity index (χ2n) is 7.22. The van der Waals surface area contributed by atoms with E-state index < -0.39 is 10.0 Å². The molecule has 1 saturated heterocycles. The third-order valence-electron chi connectivity index (χ3n) is 5.03. The van der Waals surface area contributed by atoms with Gasteiger partial charge in [0.25, 0.3) is 0 Å². The van der Waals surface area contributed by atoms with Gasteiger partial charge in [-0.05, 0) is 60.4 Å². The van der Waals surface area contributed by atoms with Crippen molar-refractivity contribution in [2.24, 2.45) is 0 Å². The minimum atomic E-state index is -3.44. The third-order valence-corrected chi connectivity index (χ3v) is 7.02. The maximum absolute atomic E-state index is 11.7. The van der Waals surface area contributed by atoms with E-state index >= 15 is 0 Å². The van der Waals surface area contributed by atoms with Crippen LogP contribution in [0.15, 0.2) is 54.0 Å². The van der Waals surface area contributed by atoms with Gasteiger partial charge in [-0.2, -0.15) is 0 Å². The molecule has 0 spiro atoms. The van der Waals surface area contributed by atoms with Gasteiger partial charge < -0.3 is 15.0 Å². The lowest BCUT2D eigenvalue weighted by Crippen LogP contribution is -2.29. The Morgan fingerprint density at radius 3 is 2.68 bits per heavy atom. The predicted molar refractivity (Wildman–Crippen MR) is 128 cm³/mol. The van der Waals surface area contributed by atoms with Crippen molar-refractivity contribution in [2.75, 3.05) is 23.0 Å². The number of sulfonamides is 1. The standard InChI is InChI=1S/C21H22N4O3S3/c1-13-9-11-30-20(13)19-18(16-6-4-5-10-22-16)23-21(29)25(19)14-7-8-15(17(12-14)28-2)24-31(3,26)27/h4-12,18-19,24H,1-3H3,(H,23,29)/t18-,19+/m0/s1. The molecule has 0 saturated carbocycles. The Morgan fingerprint density at radius 2 is 2.06 bits per heavy atom. The van der Waals surface area contributed by atoms with Crippen LogP contribution in [0.3, 0.4) is 0 Å². The molecular formula is C21H22N4O3S3. The molecule has 1 fully saturated rings. The first kappa shape index (κ1) is 21.5. The fraction of sp³-hybridized carbons (Fsp3) is 0.238. The third kappa shape index (κ3) is 4.36. The highest BCUT2D eigenvalue weighted by molar-refractivity contribution is 7.92. The molecule has 1 aromatic carbocycles. The Balaban J connectivity index is 1.81. The van der Waals surface area contributed by atoms with Crippen molar-refractivity contribution >= 4 is 50.1 Å². The molecule has 4 rings (SSSR count). The van der Waals surface area contributed by atoms with Crippen molar-refractivity contribution in [3.8, 4) is 5.75 Å². The number of anilines is 2. The minimum Gasteiger partial charge on any atom is -0.494 e. The average Bonchev–Trinajstić information content (AvgIpc) is 3.30. The second-order valence-corrected chi connectivity index (χ2v) is 10.3. The van der Waals surface area contributed by atoms with Crippen molar-refractivity contribution in [1.82, 2.24) is 10.3 Å². The molecule has 0 aliphatic carbocycles. The molecule has 0 amide bonds. The van der Waals surface area contributed by atoms with Gasteiger partial charge in [0.2, 0.25) is 10.0 Å². The molecule has 3 heterocycles. The van der Waals surface area contributed by atoms with E-state index in [1.165, 1.54) is 17.6 Å². The fourth-order valence-corrected chi connectivity index (χ4v) is 5.67. The summed E-state index contributed by atoms with van der Waals surface area (Å²) < 4.78 is 31.3. The first-order chi connectivity index (χ1) is 14.8. The number of nitrogens with one attached hydrogen (secondary N) is 2. The molecule has 2 N–H and O–H groups in total. The number of hydrogen-bond donors (Lipinski definition) is 2. The molecule has 0 radical (unpaired) electrons. The molecule has 2 atom stereocenters. The van der Waals surface area contributed by atoms with Crippen LogP contribution in [0.25, 0.3) is 0 Å². The monoisotopic (exact) mass is 474 g/mol. The second kappa shape index (κ2) is 8.45. The van der Waals surface area contributed by atoms with Crippen molar-refractivity contribution in [2.45, 2.75) is 19.0 Å². The number of pyridine rings is 1. The van der Waals surface area contributed by atoms with Gasteiger partial charge in [-0.25, -0.2) is 8.42 Å². The number of aromatic nitrogens is 1. The Morgan fingerprint density at radius 1 is 1.26 bits per heavy atom. The van der Waals surface area contributed by atoms with Crippen molar-refractivity contribution < 1.29 is 13.2 Å². The van der Waals surface area contributed by atoms with Gasteiger partial charge >= 0.3 is 0 Å². The van der Waals surface area contributed by atoms with E-state index in [0.717, 1.165) is 17.6 Å². The van der Waals surface area contributed by atoms with Gasteiger partial charge in [0, 0.05) is 22.8 Å². The van der Waals surface area contributed by atoms with Gasteiger partial charge in [-0.3, -0.25) is 9.71 Å². The van der Waals surface area contributed by atoms with E-state index in [9.17, 15) is 8.42 Å². The van der Waals surface area contributed by atoms with E-state index in [4.69, 9.17) is 17.0 Å². The van der Waals surface area contributed by atoms with Crippen molar-refractivity contribution in [1.29, 1.82) is 0 Å². The van der Waals surface area contributed by atoms with E-state index in [0.29, 0.717) is 16.5 Å². The first-order valence-corrected chi connectivity index (χ1v) is 12.7. The number of rotatable bonds is 6. The van der Waals surface area contributed by atoms with E-state index in [1.54, 1.807) is 29.7 Å². The van der Waals surface area contributed by atoms with Crippen LogP contribution in [-0.4, -0.2) is 31.9 Å². The number of hydrogen-bond acceptors (Lipinski definition) is 6. The van der Waals surface area contributed by atoms with Crippen LogP contribution in [0.4, 0.5) is 11.4 Å². The SMILES string of the molecule is COc1cc(N2C(=S)N[C@@H](c3ccccn3)[C@@H]2c2sccc2C)ccc1NS(C)(=O)=O.